The molecule has 2 fully saturated rings. The molecule has 38 heavy (non-hydrogen) atoms. The third-order valence-electron chi connectivity index (χ3n) is 8.20. The van der Waals surface area contributed by atoms with Gasteiger partial charge in [0.25, 0.3) is 0 Å². The molecule has 11 heteroatoms. The minimum absolute atomic E-state index is 0.0128. The molecule has 1 amide bonds. The number of benzene rings is 1. The number of ketones is 4. The van der Waals surface area contributed by atoms with Gasteiger partial charge in [-0.3, -0.25) is 28.9 Å². The summed E-state index contributed by atoms with van der Waals surface area (Å²) in [4.78, 5) is 69.7. The number of aliphatic hydroxyl groups is 1. The fourth-order valence-corrected chi connectivity index (χ4v) is 6.54. The Bertz CT molecular complexity index is 1230. The quantitative estimate of drug-likeness (QED) is 0.319. The highest BCUT2D eigenvalue weighted by Gasteiger charge is 2.69. The molecule has 0 aliphatic heterocycles. The Hall–Kier alpha value is -3.15. The van der Waals surface area contributed by atoms with Gasteiger partial charge in [0.2, 0.25) is 5.91 Å². The summed E-state index contributed by atoms with van der Waals surface area (Å²) in [6.07, 6.45) is 0.988. The van der Waals surface area contributed by atoms with Crippen molar-refractivity contribution in [1.82, 2.24) is 4.90 Å². The van der Waals surface area contributed by atoms with Crippen LogP contribution in [0.2, 0.25) is 0 Å². The summed E-state index contributed by atoms with van der Waals surface area (Å²) < 4.78 is 5.60. The van der Waals surface area contributed by atoms with Gasteiger partial charge in [-0.05, 0) is 50.9 Å². The highest BCUT2D eigenvalue weighted by Crippen LogP contribution is 2.52. The van der Waals surface area contributed by atoms with Crippen LogP contribution in [-0.2, 0) is 36.9 Å². The number of aromatic hydroxyl groups is 1. The van der Waals surface area contributed by atoms with Crippen LogP contribution in [0.25, 0.3) is 0 Å². The molecular weight excluding hydrogens is 494 g/mol. The average molecular weight is 530 g/mol. The Kier molecular flexibility index (Phi) is 7.24. The van der Waals surface area contributed by atoms with Gasteiger partial charge in [0.15, 0.2) is 34.7 Å². The predicted molar refractivity (Wildman–Crippen MR) is 136 cm³/mol. The Labute approximate surface area is 220 Å². The van der Waals surface area contributed by atoms with E-state index in [1.54, 1.807) is 34.3 Å². The molecule has 0 heterocycles. The van der Waals surface area contributed by atoms with Crippen LogP contribution in [0.1, 0.15) is 41.3 Å². The van der Waals surface area contributed by atoms with Crippen molar-refractivity contribution in [2.75, 3.05) is 39.7 Å². The number of carbonyl (C=O) groups is 5. The number of nitrogens with two attached hydrogens (primary N) is 1. The number of Topliss-reactive ketones (excluding diaryl/α,β-unsaturated/α-hetero) is 4. The van der Waals surface area contributed by atoms with E-state index in [0.717, 1.165) is 6.42 Å². The predicted octanol–water partition coefficient (Wildman–Crippen LogP) is -0.140. The zero-order valence-electron chi connectivity index (χ0n) is 22.3. The molecule has 2 unspecified atom stereocenters. The minimum Gasteiger partial charge on any atom is -0.507 e. The van der Waals surface area contributed by atoms with Gasteiger partial charge in [0.05, 0.1) is 24.1 Å². The Morgan fingerprint density at radius 2 is 1.82 bits per heavy atom. The van der Waals surface area contributed by atoms with E-state index < -0.39 is 64.4 Å². The van der Waals surface area contributed by atoms with Crippen molar-refractivity contribution in [1.29, 1.82) is 0 Å². The molecular formula is C27H35N3O8. The van der Waals surface area contributed by atoms with Crippen LogP contribution in [-0.4, -0.2) is 90.6 Å². The lowest BCUT2D eigenvalue weighted by Crippen LogP contribution is -2.74. The van der Waals surface area contributed by atoms with Crippen LogP contribution in [0.15, 0.2) is 6.07 Å². The zero-order chi connectivity index (χ0) is 28.3. The zero-order valence-corrected chi connectivity index (χ0v) is 22.3. The number of hydrogen-bond acceptors (Lipinski definition) is 10. The van der Waals surface area contributed by atoms with E-state index in [1.165, 1.54) is 4.90 Å². The normalized spacial score (nSPS) is 30.7. The van der Waals surface area contributed by atoms with E-state index in [4.69, 9.17) is 10.5 Å². The maximum atomic E-state index is 13.9. The monoisotopic (exact) mass is 529 g/mol. The maximum absolute atomic E-state index is 13.9. The number of ether oxygens (including phenoxy) is 1. The van der Waals surface area contributed by atoms with Crippen molar-refractivity contribution in [3.05, 3.63) is 22.8 Å². The molecule has 2 saturated carbocycles. The van der Waals surface area contributed by atoms with E-state index in [9.17, 15) is 34.2 Å². The number of anilines is 1. The van der Waals surface area contributed by atoms with E-state index in [-0.39, 0.29) is 30.8 Å². The molecule has 4 rings (SSSR count). The molecule has 3 aliphatic rings. The van der Waals surface area contributed by atoms with Gasteiger partial charge in [-0.1, -0.05) is 6.92 Å². The average Bonchev–Trinajstić information content (AvgIpc) is 2.82. The lowest BCUT2D eigenvalue weighted by atomic mass is 9.52. The lowest BCUT2D eigenvalue weighted by molar-refractivity contribution is -0.181. The second-order valence-electron chi connectivity index (χ2n) is 11.0. The number of phenolic OH excluding ortho intramolecular Hbond substituents is 1. The summed E-state index contributed by atoms with van der Waals surface area (Å²) in [5.41, 5.74) is 4.21. The van der Waals surface area contributed by atoms with Gasteiger partial charge < -0.3 is 25.6 Å². The fraction of sp³-hybridized carbons (Fsp3) is 0.593. The Morgan fingerprint density at radius 3 is 2.37 bits per heavy atom. The molecule has 0 spiro atoms. The van der Waals surface area contributed by atoms with Gasteiger partial charge in [-0.15, -0.1) is 0 Å². The highest BCUT2D eigenvalue weighted by atomic mass is 16.5. The number of carbonyl (C=O) groups excluding carboxylic acids is 5. The highest BCUT2D eigenvalue weighted by molar-refractivity contribution is 6.32. The molecule has 1 aromatic rings. The van der Waals surface area contributed by atoms with Crippen molar-refractivity contribution in [3.8, 4) is 5.75 Å². The molecule has 0 bridgehead atoms. The number of likely N-dealkylation sites (N-methyl/N-ethyl adjacent to an activating group) is 1. The van der Waals surface area contributed by atoms with Crippen LogP contribution in [0.5, 0.6) is 5.75 Å². The van der Waals surface area contributed by atoms with E-state index in [1.807, 2.05) is 11.8 Å². The SMILES string of the molecule is CCCOCc1cc(N(C)C)c2c(c1O)C(=O)C1C(=O)[C@]3(O)C(=O)C(C(N)=O)C(=O)[C@@H](N(C)C)[C@@H]3C[C@@H]1C2. The van der Waals surface area contributed by atoms with Gasteiger partial charge >= 0.3 is 0 Å². The van der Waals surface area contributed by atoms with Crippen molar-refractivity contribution < 1.29 is 38.9 Å². The summed E-state index contributed by atoms with van der Waals surface area (Å²) in [5, 5.41) is 22.8. The number of amides is 1. The third-order valence-corrected chi connectivity index (χ3v) is 8.20. The number of rotatable bonds is 7. The van der Waals surface area contributed by atoms with Gasteiger partial charge in [-0.25, -0.2) is 0 Å². The second-order valence-corrected chi connectivity index (χ2v) is 11.0. The topological polar surface area (TPSA) is 168 Å². The summed E-state index contributed by atoms with van der Waals surface area (Å²) in [6.45, 7) is 2.45. The number of phenols is 1. The van der Waals surface area contributed by atoms with Crippen LogP contribution in [0, 0.1) is 23.7 Å². The van der Waals surface area contributed by atoms with Crippen molar-refractivity contribution >= 4 is 34.7 Å². The van der Waals surface area contributed by atoms with Gasteiger partial charge in [-0.2, -0.15) is 0 Å². The third kappa shape index (κ3) is 3.95. The number of hydrogen-bond donors (Lipinski definition) is 3. The standard InChI is InChI=1S/C27H35N3O8/c1-6-7-38-11-13-10-16(29(2)3)14-8-12-9-15-20(30(4)5)23(33)19(26(28)36)25(35)27(15,37)24(34)17(12)22(32)18(14)21(13)31/h10,12,15,17,19-20,31,37H,6-9,11H2,1-5H3,(H2,28,36)/t12-,15-,17?,19?,20-,27-/m0/s1. The van der Waals surface area contributed by atoms with E-state index in [0.29, 0.717) is 23.4 Å². The van der Waals surface area contributed by atoms with Crippen LogP contribution < -0.4 is 10.6 Å². The first-order chi connectivity index (χ1) is 17.8. The van der Waals surface area contributed by atoms with Crippen molar-refractivity contribution in [2.24, 2.45) is 29.4 Å². The number of nitrogens with zero attached hydrogens (tertiary/aromatic N) is 2. The minimum atomic E-state index is -2.74. The Morgan fingerprint density at radius 1 is 1.16 bits per heavy atom. The fourth-order valence-electron chi connectivity index (χ4n) is 6.54. The smallest absolute Gasteiger partial charge is 0.235 e. The molecule has 4 N–H and O–H groups in total. The van der Waals surface area contributed by atoms with Crippen LogP contribution in [0.3, 0.4) is 0 Å². The van der Waals surface area contributed by atoms with Crippen LogP contribution >= 0.6 is 0 Å². The van der Waals surface area contributed by atoms with Gasteiger partial charge in [0.1, 0.15) is 5.75 Å². The summed E-state index contributed by atoms with van der Waals surface area (Å²) in [6, 6.07) is 0.628. The van der Waals surface area contributed by atoms with Crippen LogP contribution in [0.4, 0.5) is 5.69 Å². The molecule has 0 aromatic heterocycles. The second kappa shape index (κ2) is 9.87. The first-order valence-corrected chi connectivity index (χ1v) is 12.8. The molecule has 0 saturated heterocycles. The maximum Gasteiger partial charge on any atom is 0.235 e. The summed E-state index contributed by atoms with van der Waals surface area (Å²) in [7, 11) is 6.71. The molecule has 3 aliphatic carbocycles. The molecule has 6 atom stereocenters. The lowest BCUT2D eigenvalue weighted by Gasteiger charge is -2.52. The van der Waals surface area contributed by atoms with Crippen molar-refractivity contribution in [3.63, 3.8) is 0 Å². The molecule has 206 valence electrons. The Balaban J connectivity index is 1.86. The first-order valence-electron chi connectivity index (χ1n) is 12.8. The molecule has 1 aromatic carbocycles. The molecule has 0 radical (unpaired) electrons. The molecule has 11 nitrogen and oxygen atoms in total. The first kappa shape index (κ1) is 27.9. The van der Waals surface area contributed by atoms with E-state index in [2.05, 4.69) is 0 Å². The van der Waals surface area contributed by atoms with Gasteiger partial charge in [0, 0.05) is 37.9 Å². The number of fused-ring (bicyclic) bond motifs is 3. The number of primary amides is 1. The summed E-state index contributed by atoms with van der Waals surface area (Å²) >= 11 is 0. The largest absolute Gasteiger partial charge is 0.507 e. The van der Waals surface area contributed by atoms with E-state index >= 15 is 0 Å². The van der Waals surface area contributed by atoms with Crippen molar-refractivity contribution in [2.45, 2.75) is 44.4 Å². The summed E-state index contributed by atoms with van der Waals surface area (Å²) in [5.74, 6) is -10.5.